The van der Waals surface area contributed by atoms with Crippen molar-refractivity contribution in [1.82, 2.24) is 6.15 Å². The Hall–Kier alpha value is -1.55. The average molecular weight is 283 g/mol. The van der Waals surface area contributed by atoms with Gasteiger partial charge in [-0.25, -0.2) is 0 Å². The maximum atomic E-state index is 9.59. The maximum Gasteiger partial charge on any atom is 0.302 e. The van der Waals surface area contributed by atoms with Crippen molar-refractivity contribution in [1.29, 1.82) is 0 Å². The van der Waals surface area contributed by atoms with E-state index in [1.807, 2.05) is 6.08 Å². The minimum atomic E-state index is -0.245. The van der Waals surface area contributed by atoms with Crippen LogP contribution in [-0.2, 0) is 9.53 Å². The molecule has 0 heterocycles. The zero-order valence-electron chi connectivity index (χ0n) is 13.0. The van der Waals surface area contributed by atoms with Crippen LogP contribution in [0.2, 0.25) is 0 Å². The van der Waals surface area contributed by atoms with E-state index >= 15 is 0 Å². The van der Waals surface area contributed by atoms with Crippen molar-refractivity contribution >= 4 is 5.97 Å². The van der Waals surface area contributed by atoms with Gasteiger partial charge in [0.05, 0.1) is 7.11 Å². The second-order valence-corrected chi connectivity index (χ2v) is 4.90. The van der Waals surface area contributed by atoms with Crippen LogP contribution in [0.5, 0.6) is 0 Å². The second kappa shape index (κ2) is 12.5. The monoisotopic (exact) mass is 283 g/mol. The molecule has 1 aliphatic rings. The predicted molar refractivity (Wildman–Crippen MR) is 83.9 cm³/mol. The molecule has 0 atom stereocenters. The first-order valence-corrected chi connectivity index (χ1v) is 6.74. The fourth-order valence-electron chi connectivity index (χ4n) is 1.86. The van der Waals surface area contributed by atoms with Gasteiger partial charge in [0.2, 0.25) is 0 Å². The van der Waals surface area contributed by atoms with E-state index < -0.39 is 0 Å². The quantitative estimate of drug-likeness (QED) is 0.458. The van der Waals surface area contributed by atoms with Crippen molar-refractivity contribution in [3.8, 4) is 0 Å². The second-order valence-electron chi connectivity index (χ2n) is 4.90. The number of carbonyl (C=O) groups is 1. The normalized spacial score (nSPS) is 22.2. The topological polar surface area (TPSA) is 81.5 Å². The molecule has 0 aromatic carbocycles. The number of methoxy groups -OCH3 is 1. The Morgan fingerprint density at radius 1 is 1.30 bits per heavy atom. The molecule has 1 rings (SSSR count). The standard InChI is InChI=1S/C13H20O.C3H6O2.H3N/c1-3-13(14)6-4-5-12-9-7-11(2)8-10-12;1-3(4)5-2;/h3-6,11-12,14H,1,7-10H2,2H3;1-2H3;1H3/b5-4+,13-6+;;. The Bertz CT molecular complexity index is 327. The van der Waals surface area contributed by atoms with Crippen LogP contribution in [0.15, 0.2) is 36.6 Å². The van der Waals surface area contributed by atoms with Crippen LogP contribution in [-0.4, -0.2) is 18.2 Å². The SMILES string of the molecule is C=C/C(O)=C\C=C\C1CCC(C)CC1.COC(C)=O.N. The highest BCUT2D eigenvalue weighted by Crippen LogP contribution is 2.28. The number of aliphatic hydroxyl groups excluding tert-OH is 1. The smallest absolute Gasteiger partial charge is 0.302 e. The van der Waals surface area contributed by atoms with Gasteiger partial charge < -0.3 is 16.0 Å². The lowest BCUT2D eigenvalue weighted by Crippen LogP contribution is -2.09. The van der Waals surface area contributed by atoms with E-state index in [1.165, 1.54) is 45.8 Å². The summed E-state index contributed by atoms with van der Waals surface area (Å²) < 4.78 is 4.11. The molecule has 116 valence electrons. The molecular formula is C16H29NO3. The molecule has 1 aliphatic carbocycles. The van der Waals surface area contributed by atoms with E-state index in [0.717, 1.165) is 5.92 Å². The lowest BCUT2D eigenvalue weighted by Gasteiger charge is -2.23. The molecule has 0 aromatic heterocycles. The van der Waals surface area contributed by atoms with Crippen molar-refractivity contribution in [3.05, 3.63) is 36.6 Å². The molecule has 0 aromatic rings. The van der Waals surface area contributed by atoms with Crippen molar-refractivity contribution in [2.24, 2.45) is 11.8 Å². The van der Waals surface area contributed by atoms with Crippen LogP contribution in [0.25, 0.3) is 0 Å². The Kier molecular flexibility index (Phi) is 13.0. The van der Waals surface area contributed by atoms with Crippen molar-refractivity contribution in [2.75, 3.05) is 7.11 Å². The first-order valence-electron chi connectivity index (χ1n) is 6.74. The number of ether oxygens (including phenoxy) is 1. The molecule has 0 bridgehead atoms. The van der Waals surface area contributed by atoms with Gasteiger partial charge in [-0.1, -0.05) is 38.5 Å². The van der Waals surface area contributed by atoms with Crippen LogP contribution in [0, 0.1) is 11.8 Å². The van der Waals surface area contributed by atoms with E-state index in [2.05, 4.69) is 24.3 Å². The Morgan fingerprint density at radius 3 is 2.20 bits per heavy atom. The molecule has 0 saturated heterocycles. The third-order valence-electron chi connectivity index (χ3n) is 3.21. The van der Waals surface area contributed by atoms with Crippen LogP contribution in [0.4, 0.5) is 0 Å². The van der Waals surface area contributed by atoms with E-state index in [-0.39, 0.29) is 17.9 Å². The van der Waals surface area contributed by atoms with E-state index in [1.54, 1.807) is 6.08 Å². The molecule has 0 radical (unpaired) electrons. The Morgan fingerprint density at radius 2 is 1.80 bits per heavy atom. The fourth-order valence-corrected chi connectivity index (χ4v) is 1.86. The Labute approximate surface area is 122 Å². The van der Waals surface area contributed by atoms with Crippen molar-refractivity contribution in [3.63, 3.8) is 0 Å². The van der Waals surface area contributed by atoms with Gasteiger partial charge in [0.1, 0.15) is 5.76 Å². The number of carbonyl (C=O) groups excluding carboxylic acids is 1. The number of rotatable bonds is 3. The zero-order chi connectivity index (χ0) is 14.7. The van der Waals surface area contributed by atoms with Gasteiger partial charge in [-0.15, -0.1) is 0 Å². The number of esters is 1. The summed E-state index contributed by atoms with van der Waals surface area (Å²) in [6, 6.07) is 0. The van der Waals surface area contributed by atoms with Gasteiger partial charge >= 0.3 is 5.97 Å². The van der Waals surface area contributed by atoms with Crippen LogP contribution in [0.3, 0.4) is 0 Å². The fraction of sp³-hybridized carbons (Fsp3) is 0.562. The summed E-state index contributed by atoms with van der Waals surface area (Å²) >= 11 is 0. The molecule has 1 saturated carbocycles. The van der Waals surface area contributed by atoms with Crippen LogP contribution >= 0.6 is 0 Å². The van der Waals surface area contributed by atoms with Crippen LogP contribution in [0.1, 0.15) is 39.5 Å². The van der Waals surface area contributed by atoms with Gasteiger partial charge in [-0.2, -0.15) is 0 Å². The highest BCUT2D eigenvalue weighted by atomic mass is 16.5. The Balaban J connectivity index is 0. The summed E-state index contributed by atoms with van der Waals surface area (Å²) in [7, 11) is 1.35. The minimum absolute atomic E-state index is 0. The predicted octanol–water partition coefficient (Wildman–Crippen LogP) is 4.34. The molecule has 0 unspecified atom stereocenters. The van der Waals surface area contributed by atoms with Crippen molar-refractivity contribution in [2.45, 2.75) is 39.5 Å². The largest absolute Gasteiger partial charge is 0.508 e. The molecule has 4 heteroatoms. The third kappa shape index (κ3) is 11.5. The molecule has 20 heavy (non-hydrogen) atoms. The molecule has 4 N–H and O–H groups in total. The molecular weight excluding hydrogens is 254 g/mol. The minimum Gasteiger partial charge on any atom is -0.508 e. The van der Waals surface area contributed by atoms with Gasteiger partial charge in [0.25, 0.3) is 0 Å². The first kappa shape index (κ1) is 20.8. The van der Waals surface area contributed by atoms with Gasteiger partial charge in [-0.05, 0) is 36.8 Å². The molecule has 1 fully saturated rings. The lowest BCUT2D eigenvalue weighted by molar-refractivity contribution is -0.137. The molecule has 0 spiro atoms. The summed E-state index contributed by atoms with van der Waals surface area (Å²) in [4.78, 5) is 9.59. The van der Waals surface area contributed by atoms with Crippen LogP contribution < -0.4 is 6.15 Å². The summed E-state index contributed by atoms with van der Waals surface area (Å²) in [5.41, 5.74) is 0. The molecule has 0 aliphatic heterocycles. The molecule has 4 nitrogen and oxygen atoms in total. The maximum absolute atomic E-state index is 9.59. The third-order valence-corrected chi connectivity index (χ3v) is 3.21. The zero-order valence-corrected chi connectivity index (χ0v) is 13.0. The summed E-state index contributed by atoms with van der Waals surface area (Å²) in [6.07, 6.45) is 12.6. The molecule has 0 amide bonds. The van der Waals surface area contributed by atoms with E-state index in [0.29, 0.717) is 5.92 Å². The lowest BCUT2D eigenvalue weighted by atomic mass is 9.83. The summed E-state index contributed by atoms with van der Waals surface area (Å²) in [5, 5.41) is 9.12. The van der Waals surface area contributed by atoms with Crippen molar-refractivity contribution < 1.29 is 14.6 Å². The average Bonchev–Trinajstić information content (AvgIpc) is 2.41. The van der Waals surface area contributed by atoms with Gasteiger partial charge in [0.15, 0.2) is 0 Å². The van der Waals surface area contributed by atoms with Gasteiger partial charge in [0, 0.05) is 6.92 Å². The highest BCUT2D eigenvalue weighted by Gasteiger charge is 2.15. The number of hydrogen-bond donors (Lipinski definition) is 2. The van der Waals surface area contributed by atoms with E-state index in [4.69, 9.17) is 5.11 Å². The highest BCUT2D eigenvalue weighted by molar-refractivity contribution is 5.65. The number of allylic oxidation sites excluding steroid dienone is 4. The van der Waals surface area contributed by atoms with E-state index in [9.17, 15) is 4.79 Å². The van der Waals surface area contributed by atoms with Gasteiger partial charge in [-0.3, -0.25) is 4.79 Å². The summed E-state index contributed by atoms with van der Waals surface area (Å²) in [6.45, 7) is 7.17. The summed E-state index contributed by atoms with van der Waals surface area (Å²) in [5.74, 6) is 1.60. The number of hydrogen-bond acceptors (Lipinski definition) is 4. The first-order chi connectivity index (χ1) is 8.99. The number of aliphatic hydroxyl groups is 1.